The van der Waals surface area contributed by atoms with Crippen molar-refractivity contribution in [3.05, 3.63) is 48.2 Å². The van der Waals surface area contributed by atoms with Gasteiger partial charge in [-0.15, -0.1) is 0 Å². The number of ether oxygens (including phenoxy) is 1. The Morgan fingerprint density at radius 1 is 1.11 bits per heavy atom. The number of rotatable bonds is 6. The Labute approximate surface area is 163 Å². The molecule has 5 N–H and O–H groups in total. The van der Waals surface area contributed by atoms with Crippen molar-refractivity contribution in [1.82, 2.24) is 15.0 Å². The summed E-state index contributed by atoms with van der Waals surface area (Å²) in [5.41, 5.74) is 14.3. The van der Waals surface area contributed by atoms with E-state index in [1.165, 1.54) is 5.56 Å². The molecule has 1 aliphatic heterocycles. The number of nitrogens with one attached hydrogen (secondary N) is 1. The van der Waals surface area contributed by atoms with Crippen molar-refractivity contribution in [2.45, 2.75) is 12.5 Å². The number of morpholine rings is 1. The van der Waals surface area contributed by atoms with E-state index < -0.39 is 0 Å². The molecule has 8 nitrogen and oxygen atoms in total. The van der Waals surface area contributed by atoms with Gasteiger partial charge in [0.15, 0.2) is 0 Å². The standard InChI is InChI=1S/C20H25N7O/c21-15(12-14-4-2-1-3-5-14)13-24-19-16-6-7-23-18(22)17(16)25-20(26-19)27-8-10-28-11-9-27/h1-7,15H,8-13,21H2,(H2,22,23)(H,24,25,26)/t15-/m0/s1. The van der Waals surface area contributed by atoms with E-state index in [-0.39, 0.29) is 6.04 Å². The fourth-order valence-electron chi connectivity index (χ4n) is 3.32. The summed E-state index contributed by atoms with van der Waals surface area (Å²) < 4.78 is 5.43. The fraction of sp³-hybridized carbons (Fsp3) is 0.350. The van der Waals surface area contributed by atoms with Crippen LogP contribution in [0, 0.1) is 0 Å². The summed E-state index contributed by atoms with van der Waals surface area (Å²) in [4.78, 5) is 15.7. The lowest BCUT2D eigenvalue weighted by Crippen LogP contribution is -2.37. The van der Waals surface area contributed by atoms with E-state index in [0.29, 0.717) is 37.0 Å². The lowest BCUT2D eigenvalue weighted by molar-refractivity contribution is 0.122. The Bertz CT molecular complexity index is 928. The number of pyridine rings is 1. The average Bonchev–Trinajstić information content (AvgIpc) is 2.74. The van der Waals surface area contributed by atoms with Crippen LogP contribution in [0.5, 0.6) is 0 Å². The molecule has 3 heterocycles. The van der Waals surface area contributed by atoms with Gasteiger partial charge in [0, 0.05) is 37.3 Å². The molecule has 28 heavy (non-hydrogen) atoms. The SMILES string of the molecule is Nc1nccc2c(NC[C@@H](N)Cc3ccccc3)nc(N3CCOCC3)nc12. The van der Waals surface area contributed by atoms with Gasteiger partial charge in [0.25, 0.3) is 0 Å². The molecule has 146 valence electrons. The second kappa shape index (κ2) is 8.37. The smallest absolute Gasteiger partial charge is 0.228 e. The number of anilines is 3. The maximum atomic E-state index is 6.34. The first-order chi connectivity index (χ1) is 13.7. The lowest BCUT2D eigenvalue weighted by Gasteiger charge is -2.27. The summed E-state index contributed by atoms with van der Waals surface area (Å²) in [6, 6.07) is 12.1. The van der Waals surface area contributed by atoms with Gasteiger partial charge in [0.05, 0.1) is 13.2 Å². The average molecular weight is 379 g/mol. The molecule has 0 amide bonds. The lowest BCUT2D eigenvalue weighted by atomic mass is 10.1. The van der Waals surface area contributed by atoms with E-state index in [1.807, 2.05) is 24.3 Å². The summed E-state index contributed by atoms with van der Waals surface area (Å²) >= 11 is 0. The van der Waals surface area contributed by atoms with Crippen molar-refractivity contribution in [1.29, 1.82) is 0 Å². The highest BCUT2D eigenvalue weighted by atomic mass is 16.5. The third-order valence-corrected chi connectivity index (χ3v) is 4.80. The largest absolute Gasteiger partial charge is 0.382 e. The van der Waals surface area contributed by atoms with E-state index in [4.69, 9.17) is 21.2 Å². The van der Waals surface area contributed by atoms with Crippen LogP contribution in [0.25, 0.3) is 10.9 Å². The van der Waals surface area contributed by atoms with Gasteiger partial charge in [-0.1, -0.05) is 30.3 Å². The first kappa shape index (κ1) is 18.4. The minimum atomic E-state index is -0.0431. The van der Waals surface area contributed by atoms with Crippen LogP contribution < -0.4 is 21.7 Å². The van der Waals surface area contributed by atoms with Crippen molar-refractivity contribution in [3.8, 4) is 0 Å². The highest BCUT2D eigenvalue weighted by Gasteiger charge is 2.18. The zero-order valence-electron chi connectivity index (χ0n) is 15.7. The first-order valence-electron chi connectivity index (χ1n) is 9.49. The van der Waals surface area contributed by atoms with Gasteiger partial charge in [0.2, 0.25) is 5.95 Å². The molecule has 3 aromatic rings. The summed E-state index contributed by atoms with van der Waals surface area (Å²) in [5, 5.41) is 4.24. The van der Waals surface area contributed by atoms with E-state index >= 15 is 0 Å². The molecule has 4 rings (SSSR count). The van der Waals surface area contributed by atoms with Crippen molar-refractivity contribution in [2.24, 2.45) is 5.73 Å². The van der Waals surface area contributed by atoms with Crippen molar-refractivity contribution < 1.29 is 4.74 Å². The van der Waals surface area contributed by atoms with Crippen LogP contribution in [0.2, 0.25) is 0 Å². The maximum Gasteiger partial charge on any atom is 0.228 e. The Hall–Kier alpha value is -2.97. The highest BCUT2D eigenvalue weighted by molar-refractivity contribution is 5.95. The number of fused-ring (bicyclic) bond motifs is 1. The number of hydrogen-bond acceptors (Lipinski definition) is 8. The third kappa shape index (κ3) is 4.13. The van der Waals surface area contributed by atoms with Crippen LogP contribution in [-0.2, 0) is 11.2 Å². The monoisotopic (exact) mass is 379 g/mol. The molecule has 1 aromatic carbocycles. The number of benzene rings is 1. The van der Waals surface area contributed by atoms with E-state index in [1.54, 1.807) is 6.20 Å². The Morgan fingerprint density at radius 2 is 1.89 bits per heavy atom. The predicted molar refractivity (Wildman–Crippen MR) is 111 cm³/mol. The van der Waals surface area contributed by atoms with E-state index in [0.717, 1.165) is 30.7 Å². The Balaban J connectivity index is 1.57. The number of aromatic nitrogens is 3. The van der Waals surface area contributed by atoms with Crippen molar-refractivity contribution in [3.63, 3.8) is 0 Å². The number of hydrogen-bond donors (Lipinski definition) is 3. The molecule has 0 spiro atoms. The van der Waals surface area contributed by atoms with Crippen molar-refractivity contribution in [2.75, 3.05) is 48.8 Å². The van der Waals surface area contributed by atoms with Gasteiger partial charge in [-0.3, -0.25) is 0 Å². The van der Waals surface area contributed by atoms with Crippen LogP contribution in [0.4, 0.5) is 17.6 Å². The quantitative estimate of drug-likeness (QED) is 0.589. The van der Waals surface area contributed by atoms with Crippen LogP contribution in [-0.4, -0.2) is 53.8 Å². The molecule has 1 aliphatic rings. The molecule has 1 atom stereocenters. The van der Waals surface area contributed by atoms with Gasteiger partial charge in [-0.05, 0) is 18.1 Å². The second-order valence-electron chi connectivity index (χ2n) is 6.89. The molecule has 2 aromatic heterocycles. The van der Waals surface area contributed by atoms with Crippen LogP contribution in [0.15, 0.2) is 42.6 Å². The van der Waals surface area contributed by atoms with E-state index in [2.05, 4.69) is 32.3 Å². The van der Waals surface area contributed by atoms with Crippen molar-refractivity contribution >= 4 is 28.5 Å². The van der Waals surface area contributed by atoms with Gasteiger partial charge in [0.1, 0.15) is 17.2 Å². The van der Waals surface area contributed by atoms with E-state index in [9.17, 15) is 0 Å². The van der Waals surface area contributed by atoms with Crippen LogP contribution in [0.3, 0.4) is 0 Å². The molecule has 0 saturated carbocycles. The fourth-order valence-corrected chi connectivity index (χ4v) is 3.32. The molecular formula is C20H25N7O. The number of nitrogens with two attached hydrogens (primary N) is 2. The topological polar surface area (TPSA) is 115 Å². The molecule has 0 radical (unpaired) electrons. The molecular weight excluding hydrogens is 354 g/mol. The molecule has 0 aliphatic carbocycles. The molecule has 1 saturated heterocycles. The maximum absolute atomic E-state index is 6.34. The molecule has 8 heteroatoms. The highest BCUT2D eigenvalue weighted by Crippen LogP contribution is 2.26. The zero-order chi connectivity index (χ0) is 19.3. The summed E-state index contributed by atoms with van der Waals surface area (Å²) in [7, 11) is 0. The van der Waals surface area contributed by atoms with Gasteiger partial charge >= 0.3 is 0 Å². The molecule has 1 fully saturated rings. The normalized spacial score (nSPS) is 15.5. The minimum Gasteiger partial charge on any atom is -0.382 e. The third-order valence-electron chi connectivity index (χ3n) is 4.80. The van der Waals surface area contributed by atoms with Crippen LogP contribution in [0.1, 0.15) is 5.56 Å². The predicted octanol–water partition coefficient (Wildman–Crippen LogP) is 1.43. The first-order valence-corrected chi connectivity index (χ1v) is 9.49. The van der Waals surface area contributed by atoms with Gasteiger partial charge in [-0.25, -0.2) is 9.97 Å². The summed E-state index contributed by atoms with van der Waals surface area (Å²) in [6.07, 6.45) is 2.46. The second-order valence-corrected chi connectivity index (χ2v) is 6.89. The van der Waals surface area contributed by atoms with Gasteiger partial charge in [-0.2, -0.15) is 4.98 Å². The Morgan fingerprint density at radius 3 is 2.68 bits per heavy atom. The zero-order valence-corrected chi connectivity index (χ0v) is 15.7. The summed E-state index contributed by atoms with van der Waals surface area (Å²) in [5.74, 6) is 1.75. The number of nitrogens with zero attached hydrogens (tertiary/aromatic N) is 4. The van der Waals surface area contributed by atoms with Gasteiger partial charge < -0.3 is 26.4 Å². The minimum absolute atomic E-state index is 0.0431. The summed E-state index contributed by atoms with van der Waals surface area (Å²) in [6.45, 7) is 3.41. The number of nitrogen functional groups attached to an aromatic ring is 1. The molecule has 0 bridgehead atoms. The molecule has 0 unspecified atom stereocenters. The Kier molecular flexibility index (Phi) is 5.50. The van der Waals surface area contributed by atoms with Crippen LogP contribution >= 0.6 is 0 Å².